The van der Waals surface area contributed by atoms with Crippen molar-refractivity contribution in [2.45, 2.75) is 19.9 Å². The first-order valence-electron chi connectivity index (χ1n) is 10.1. The first-order valence-corrected chi connectivity index (χ1v) is 11.0. The van der Waals surface area contributed by atoms with Crippen molar-refractivity contribution in [1.82, 2.24) is 19.7 Å². The summed E-state index contributed by atoms with van der Waals surface area (Å²) >= 11 is 1.47. The Balaban J connectivity index is 1.72. The van der Waals surface area contributed by atoms with Crippen LogP contribution in [-0.2, 0) is 0 Å². The summed E-state index contributed by atoms with van der Waals surface area (Å²) in [5, 5.41) is 15.4. The fraction of sp³-hybridized carbons (Fsp3) is 0.167. The quantitative estimate of drug-likeness (QED) is 0.407. The fourth-order valence-electron chi connectivity index (χ4n) is 3.49. The third-order valence-electron chi connectivity index (χ3n) is 5.18. The maximum atomic E-state index is 13.9. The minimum absolute atomic E-state index is 0.0417. The van der Waals surface area contributed by atoms with E-state index in [-0.39, 0.29) is 17.8 Å². The summed E-state index contributed by atoms with van der Waals surface area (Å²) in [6, 6.07) is 18.8. The minimum Gasteiger partial charge on any atom is -0.329 e. The Kier molecular flexibility index (Phi) is 6.10. The number of carbonyl (C=O) groups is 1. The summed E-state index contributed by atoms with van der Waals surface area (Å²) in [6.07, 6.45) is 0. The lowest BCUT2D eigenvalue weighted by molar-refractivity contribution is 0.0690. The van der Waals surface area contributed by atoms with Crippen molar-refractivity contribution < 1.29 is 9.18 Å². The van der Waals surface area contributed by atoms with Crippen LogP contribution in [0.1, 0.15) is 41.6 Å². The molecule has 0 aliphatic heterocycles. The second kappa shape index (κ2) is 9.12. The van der Waals surface area contributed by atoms with E-state index in [4.69, 9.17) is 5.26 Å². The number of nitrogens with zero attached hydrogens (tertiary/aromatic N) is 5. The molecule has 6 nitrogen and oxygen atoms in total. The summed E-state index contributed by atoms with van der Waals surface area (Å²) in [7, 11) is 0. The van der Waals surface area contributed by atoms with Gasteiger partial charge in [-0.3, -0.25) is 4.79 Å². The number of nitriles is 1. The number of amides is 1. The number of thiophene rings is 1. The molecule has 2 aromatic heterocycles. The van der Waals surface area contributed by atoms with Gasteiger partial charge in [-0.05, 0) is 61.2 Å². The average molecular weight is 446 g/mol. The predicted molar refractivity (Wildman–Crippen MR) is 121 cm³/mol. The number of rotatable bonds is 6. The Hall–Kier alpha value is -3.83. The van der Waals surface area contributed by atoms with Gasteiger partial charge in [0.25, 0.3) is 5.91 Å². The van der Waals surface area contributed by atoms with Crippen LogP contribution >= 0.6 is 11.3 Å². The lowest BCUT2D eigenvalue weighted by Crippen LogP contribution is -2.34. The van der Waals surface area contributed by atoms with Gasteiger partial charge in [-0.25, -0.2) is 14.1 Å². The number of carbonyl (C=O) groups excluding carboxylic acids is 1. The van der Waals surface area contributed by atoms with Crippen molar-refractivity contribution in [3.63, 3.8) is 0 Å². The van der Waals surface area contributed by atoms with E-state index < -0.39 is 5.82 Å². The Labute approximate surface area is 189 Å². The van der Waals surface area contributed by atoms with E-state index in [9.17, 15) is 9.18 Å². The SMILES string of the molecule is CCN(C(=O)c1nc(-c2cccs2)n(-c2cccc(F)c2)n1)C(C)c1ccc(C#N)cc1. The maximum Gasteiger partial charge on any atom is 0.294 e. The first-order chi connectivity index (χ1) is 15.5. The van der Waals surface area contributed by atoms with Crippen LogP contribution in [0.15, 0.2) is 66.0 Å². The van der Waals surface area contributed by atoms with Gasteiger partial charge in [0, 0.05) is 6.54 Å². The third-order valence-corrected chi connectivity index (χ3v) is 6.05. The van der Waals surface area contributed by atoms with Gasteiger partial charge < -0.3 is 4.90 Å². The van der Waals surface area contributed by atoms with E-state index in [0.29, 0.717) is 23.6 Å². The molecule has 0 bridgehead atoms. The lowest BCUT2D eigenvalue weighted by Gasteiger charge is -2.27. The Morgan fingerprint density at radius 1 is 1.22 bits per heavy atom. The molecule has 4 aromatic rings. The fourth-order valence-corrected chi connectivity index (χ4v) is 4.19. The molecule has 2 heterocycles. The molecule has 1 unspecified atom stereocenters. The molecule has 1 amide bonds. The Bertz CT molecular complexity index is 1270. The van der Waals surface area contributed by atoms with Crippen LogP contribution in [0, 0.1) is 17.1 Å². The molecule has 0 aliphatic rings. The van der Waals surface area contributed by atoms with Gasteiger partial charge in [0.15, 0.2) is 5.82 Å². The zero-order valence-corrected chi connectivity index (χ0v) is 18.4. The van der Waals surface area contributed by atoms with Crippen LogP contribution in [0.4, 0.5) is 4.39 Å². The van der Waals surface area contributed by atoms with E-state index in [1.807, 2.05) is 43.5 Å². The predicted octanol–water partition coefficient (Wildman–Crippen LogP) is 5.23. The summed E-state index contributed by atoms with van der Waals surface area (Å²) < 4.78 is 15.4. The van der Waals surface area contributed by atoms with E-state index in [1.165, 1.54) is 28.2 Å². The number of aromatic nitrogens is 3. The largest absolute Gasteiger partial charge is 0.329 e. The number of halogens is 1. The average Bonchev–Trinajstić information content (AvgIpc) is 3.49. The van der Waals surface area contributed by atoms with Gasteiger partial charge >= 0.3 is 0 Å². The standard InChI is InChI=1S/C24H20FN5OS/c1-3-29(16(2)18-11-9-17(15-26)10-12-18)24(31)22-27-23(21-8-5-13-32-21)30(28-22)20-7-4-6-19(25)14-20/h4-14,16H,3H2,1-2H3. The molecule has 0 radical (unpaired) electrons. The molecule has 0 fully saturated rings. The zero-order chi connectivity index (χ0) is 22.7. The Morgan fingerprint density at radius 3 is 2.62 bits per heavy atom. The van der Waals surface area contributed by atoms with Crippen molar-refractivity contribution in [3.8, 4) is 22.5 Å². The molecular weight excluding hydrogens is 425 g/mol. The third kappa shape index (κ3) is 4.15. The van der Waals surface area contributed by atoms with E-state index in [0.717, 1.165) is 10.4 Å². The van der Waals surface area contributed by atoms with Gasteiger partial charge in [-0.2, -0.15) is 5.26 Å². The Morgan fingerprint density at radius 2 is 2.00 bits per heavy atom. The van der Waals surface area contributed by atoms with Crippen molar-refractivity contribution in [2.24, 2.45) is 0 Å². The normalized spacial score (nSPS) is 11.7. The van der Waals surface area contributed by atoms with Crippen LogP contribution < -0.4 is 0 Å². The molecule has 0 spiro atoms. The molecule has 0 aliphatic carbocycles. The lowest BCUT2D eigenvalue weighted by atomic mass is 10.0. The van der Waals surface area contributed by atoms with E-state index in [1.54, 1.807) is 29.2 Å². The topological polar surface area (TPSA) is 74.8 Å². The second-order valence-electron chi connectivity index (χ2n) is 7.13. The summed E-state index contributed by atoms with van der Waals surface area (Å²) in [6.45, 7) is 4.26. The van der Waals surface area contributed by atoms with E-state index in [2.05, 4.69) is 16.2 Å². The van der Waals surface area contributed by atoms with Crippen LogP contribution in [0.25, 0.3) is 16.4 Å². The van der Waals surface area contributed by atoms with Crippen LogP contribution in [0.2, 0.25) is 0 Å². The van der Waals surface area contributed by atoms with Crippen LogP contribution in [0.3, 0.4) is 0 Å². The van der Waals surface area contributed by atoms with Crippen molar-refractivity contribution in [1.29, 1.82) is 5.26 Å². The van der Waals surface area contributed by atoms with Gasteiger partial charge in [0.1, 0.15) is 5.82 Å². The van der Waals surface area contributed by atoms with Crippen LogP contribution in [-0.4, -0.2) is 32.1 Å². The number of hydrogen-bond acceptors (Lipinski definition) is 5. The van der Waals surface area contributed by atoms with Crippen molar-refractivity contribution in [3.05, 3.63) is 88.8 Å². The summed E-state index contributed by atoms with van der Waals surface area (Å²) in [5.41, 5.74) is 1.96. The molecule has 1 atom stereocenters. The molecule has 0 N–H and O–H groups in total. The molecular formula is C24H20FN5OS. The van der Waals surface area contributed by atoms with Gasteiger partial charge in [0.2, 0.25) is 5.82 Å². The maximum absolute atomic E-state index is 13.9. The monoisotopic (exact) mass is 445 g/mol. The number of benzene rings is 2. The molecule has 2 aromatic carbocycles. The van der Waals surface area contributed by atoms with Gasteiger partial charge in [0.05, 0.1) is 28.2 Å². The van der Waals surface area contributed by atoms with Gasteiger partial charge in [-0.1, -0.05) is 24.3 Å². The smallest absolute Gasteiger partial charge is 0.294 e. The van der Waals surface area contributed by atoms with Gasteiger partial charge in [-0.15, -0.1) is 16.4 Å². The van der Waals surface area contributed by atoms with Crippen molar-refractivity contribution >= 4 is 17.2 Å². The highest BCUT2D eigenvalue weighted by Crippen LogP contribution is 2.27. The summed E-state index contributed by atoms with van der Waals surface area (Å²) in [4.78, 5) is 20.4. The molecule has 160 valence electrons. The van der Waals surface area contributed by atoms with E-state index >= 15 is 0 Å². The minimum atomic E-state index is -0.396. The molecule has 32 heavy (non-hydrogen) atoms. The number of hydrogen-bond donors (Lipinski definition) is 0. The first kappa shape index (κ1) is 21.4. The second-order valence-corrected chi connectivity index (χ2v) is 8.08. The highest BCUT2D eigenvalue weighted by Gasteiger charge is 2.27. The molecule has 0 saturated heterocycles. The van der Waals surface area contributed by atoms with Crippen LogP contribution in [0.5, 0.6) is 0 Å². The zero-order valence-electron chi connectivity index (χ0n) is 17.6. The molecule has 4 rings (SSSR count). The van der Waals surface area contributed by atoms with Crippen molar-refractivity contribution in [2.75, 3.05) is 6.54 Å². The highest BCUT2D eigenvalue weighted by molar-refractivity contribution is 7.13. The molecule has 0 saturated carbocycles. The summed E-state index contributed by atoms with van der Waals surface area (Å²) in [5.74, 6) is -0.194. The molecule has 8 heteroatoms. The highest BCUT2D eigenvalue weighted by atomic mass is 32.1.